The zero-order valence-electron chi connectivity index (χ0n) is 17.0. The second-order valence-electron chi connectivity index (χ2n) is 7.37. The Morgan fingerprint density at radius 1 is 1.03 bits per heavy atom. The van der Waals surface area contributed by atoms with E-state index in [1.165, 1.54) is 35.6 Å². The summed E-state index contributed by atoms with van der Waals surface area (Å²) in [4.78, 5) is 26.4. The monoisotopic (exact) mass is 439 g/mol. The Morgan fingerprint density at radius 3 is 2.39 bits per heavy atom. The van der Waals surface area contributed by atoms with Gasteiger partial charge in [0, 0.05) is 30.9 Å². The van der Waals surface area contributed by atoms with Gasteiger partial charge >= 0.3 is 0 Å². The van der Waals surface area contributed by atoms with Crippen molar-refractivity contribution in [3.63, 3.8) is 0 Å². The summed E-state index contributed by atoms with van der Waals surface area (Å²) in [6.45, 7) is 1.33. The molecule has 1 aliphatic rings. The molecule has 9 heteroatoms. The molecule has 1 saturated carbocycles. The van der Waals surface area contributed by atoms with Crippen molar-refractivity contribution in [1.29, 1.82) is 0 Å². The fraction of sp³-hybridized carbons (Fsp3) is 0.273. The van der Waals surface area contributed by atoms with Crippen LogP contribution >= 0.6 is 11.3 Å². The first-order valence-electron chi connectivity index (χ1n) is 9.96. The van der Waals surface area contributed by atoms with Crippen LogP contribution in [0.4, 0.5) is 10.1 Å². The van der Waals surface area contributed by atoms with Crippen LogP contribution in [0.25, 0.3) is 0 Å². The Balaban J connectivity index is 1.39. The van der Waals surface area contributed by atoms with Crippen molar-refractivity contribution in [1.82, 2.24) is 20.4 Å². The summed E-state index contributed by atoms with van der Waals surface area (Å²) >= 11 is 1.25. The molecule has 0 unspecified atom stereocenters. The Hall–Kier alpha value is -3.17. The van der Waals surface area contributed by atoms with Gasteiger partial charge in [0.1, 0.15) is 10.8 Å². The third-order valence-corrected chi connectivity index (χ3v) is 5.90. The predicted octanol–water partition coefficient (Wildman–Crippen LogP) is 3.45. The molecule has 0 bridgehead atoms. The molecular formula is C22H22FN5O2S. The number of hydrogen-bond donors (Lipinski definition) is 2. The molecule has 0 aliphatic heterocycles. The second-order valence-corrected chi connectivity index (χ2v) is 8.44. The third-order valence-electron chi connectivity index (χ3n) is 4.99. The lowest BCUT2D eigenvalue weighted by molar-refractivity contribution is 0.0962. The van der Waals surface area contributed by atoms with Crippen LogP contribution in [0.3, 0.4) is 0 Å². The standard InChI is InChI=1S/C22H22FN5O2S/c1-24-20(29)15-4-2-14(3-5-15)12-28(18-10-11-18)13-19-26-27-22(31-19)21(30)25-17-8-6-16(23)7-9-17/h2-9,18H,10-13H2,1H3,(H,24,29)(H,25,30). The van der Waals surface area contributed by atoms with E-state index >= 15 is 0 Å². The highest BCUT2D eigenvalue weighted by Gasteiger charge is 2.30. The molecule has 0 atom stereocenters. The van der Waals surface area contributed by atoms with E-state index < -0.39 is 0 Å². The van der Waals surface area contributed by atoms with Crippen LogP contribution in [0, 0.1) is 5.82 Å². The lowest BCUT2D eigenvalue weighted by Gasteiger charge is -2.20. The zero-order valence-corrected chi connectivity index (χ0v) is 17.8. The van der Waals surface area contributed by atoms with Gasteiger partial charge in [0.25, 0.3) is 11.8 Å². The zero-order chi connectivity index (χ0) is 21.8. The van der Waals surface area contributed by atoms with Crippen LogP contribution in [0.15, 0.2) is 48.5 Å². The van der Waals surface area contributed by atoms with E-state index in [2.05, 4.69) is 25.7 Å². The van der Waals surface area contributed by atoms with Crippen molar-refractivity contribution in [2.24, 2.45) is 0 Å². The third kappa shape index (κ3) is 5.50. The molecule has 2 aromatic carbocycles. The van der Waals surface area contributed by atoms with Gasteiger partial charge < -0.3 is 10.6 Å². The van der Waals surface area contributed by atoms with Crippen LogP contribution in [-0.2, 0) is 13.1 Å². The van der Waals surface area contributed by atoms with Crippen molar-refractivity contribution >= 4 is 28.8 Å². The average Bonchev–Trinajstić information content (AvgIpc) is 3.53. The van der Waals surface area contributed by atoms with Gasteiger partial charge in [-0.2, -0.15) is 0 Å². The number of aromatic nitrogens is 2. The molecule has 160 valence electrons. The highest BCUT2D eigenvalue weighted by atomic mass is 32.1. The quantitative estimate of drug-likeness (QED) is 0.561. The fourth-order valence-electron chi connectivity index (χ4n) is 3.19. The van der Waals surface area contributed by atoms with E-state index in [0.29, 0.717) is 23.8 Å². The maximum absolute atomic E-state index is 13.0. The minimum atomic E-state index is -0.363. The number of anilines is 1. The summed E-state index contributed by atoms with van der Waals surface area (Å²) in [5.74, 6) is -0.830. The Morgan fingerprint density at radius 2 is 1.74 bits per heavy atom. The van der Waals surface area contributed by atoms with Gasteiger partial charge in [0.05, 0.1) is 6.54 Å². The largest absolute Gasteiger partial charge is 0.355 e. The van der Waals surface area contributed by atoms with Crippen molar-refractivity contribution in [3.8, 4) is 0 Å². The molecule has 0 spiro atoms. The minimum Gasteiger partial charge on any atom is -0.355 e. The summed E-state index contributed by atoms with van der Waals surface area (Å²) in [5.41, 5.74) is 2.24. The van der Waals surface area contributed by atoms with E-state index in [-0.39, 0.29) is 22.6 Å². The van der Waals surface area contributed by atoms with Crippen LogP contribution in [0.2, 0.25) is 0 Å². The first-order chi connectivity index (χ1) is 15.0. The summed E-state index contributed by atoms with van der Waals surface area (Å²) < 4.78 is 13.0. The molecule has 2 amide bonds. The highest BCUT2D eigenvalue weighted by molar-refractivity contribution is 7.13. The van der Waals surface area contributed by atoms with Crippen LogP contribution < -0.4 is 10.6 Å². The Kier molecular flexibility index (Phi) is 6.34. The number of nitrogens with zero attached hydrogens (tertiary/aromatic N) is 3. The lowest BCUT2D eigenvalue weighted by Crippen LogP contribution is -2.25. The van der Waals surface area contributed by atoms with Crippen LogP contribution in [0.1, 0.15) is 43.6 Å². The van der Waals surface area contributed by atoms with E-state index in [0.717, 1.165) is 30.0 Å². The molecule has 1 heterocycles. The summed E-state index contributed by atoms with van der Waals surface area (Å²) in [5, 5.41) is 14.6. The number of halogens is 1. The van der Waals surface area contributed by atoms with E-state index in [4.69, 9.17) is 0 Å². The van der Waals surface area contributed by atoms with Crippen molar-refractivity contribution < 1.29 is 14.0 Å². The molecule has 31 heavy (non-hydrogen) atoms. The van der Waals surface area contributed by atoms with Gasteiger partial charge in [0.2, 0.25) is 5.01 Å². The molecule has 1 fully saturated rings. The van der Waals surface area contributed by atoms with E-state index in [1.807, 2.05) is 24.3 Å². The van der Waals surface area contributed by atoms with Crippen molar-refractivity contribution in [3.05, 3.63) is 75.5 Å². The summed E-state index contributed by atoms with van der Waals surface area (Å²) in [7, 11) is 1.61. The van der Waals surface area contributed by atoms with Crippen molar-refractivity contribution in [2.75, 3.05) is 12.4 Å². The molecule has 3 aromatic rings. The SMILES string of the molecule is CNC(=O)c1ccc(CN(Cc2nnc(C(=O)Nc3ccc(F)cc3)s2)C2CC2)cc1. The molecule has 1 aliphatic carbocycles. The number of nitrogens with one attached hydrogen (secondary N) is 2. The molecule has 4 rings (SSSR count). The molecule has 1 aromatic heterocycles. The Labute approximate surface area is 183 Å². The molecule has 7 nitrogen and oxygen atoms in total. The fourth-order valence-corrected chi connectivity index (χ4v) is 3.96. The van der Waals surface area contributed by atoms with Gasteiger partial charge in [-0.15, -0.1) is 10.2 Å². The van der Waals surface area contributed by atoms with Gasteiger partial charge in [0.15, 0.2) is 0 Å². The average molecular weight is 440 g/mol. The normalized spacial score (nSPS) is 13.3. The predicted molar refractivity (Wildman–Crippen MR) is 116 cm³/mol. The topological polar surface area (TPSA) is 87.2 Å². The number of carbonyl (C=O) groups is 2. The highest BCUT2D eigenvalue weighted by Crippen LogP contribution is 2.30. The first-order valence-corrected chi connectivity index (χ1v) is 10.8. The van der Waals surface area contributed by atoms with Crippen LogP contribution in [-0.4, -0.2) is 40.0 Å². The van der Waals surface area contributed by atoms with E-state index in [9.17, 15) is 14.0 Å². The number of rotatable bonds is 8. The molecular weight excluding hydrogens is 417 g/mol. The molecule has 0 saturated heterocycles. The van der Waals surface area contributed by atoms with Gasteiger partial charge in [-0.05, 0) is 54.8 Å². The number of amides is 2. The second kappa shape index (κ2) is 9.32. The van der Waals surface area contributed by atoms with E-state index in [1.54, 1.807) is 7.05 Å². The van der Waals surface area contributed by atoms with Gasteiger partial charge in [-0.1, -0.05) is 23.5 Å². The maximum atomic E-state index is 13.0. The number of hydrogen-bond acceptors (Lipinski definition) is 6. The summed E-state index contributed by atoms with van der Waals surface area (Å²) in [6.07, 6.45) is 2.26. The molecule has 2 N–H and O–H groups in total. The van der Waals surface area contributed by atoms with Gasteiger partial charge in [-0.3, -0.25) is 14.5 Å². The van der Waals surface area contributed by atoms with Crippen LogP contribution in [0.5, 0.6) is 0 Å². The Bertz CT molecular complexity index is 1060. The maximum Gasteiger partial charge on any atom is 0.286 e. The van der Waals surface area contributed by atoms with Gasteiger partial charge in [-0.25, -0.2) is 4.39 Å². The number of benzene rings is 2. The lowest BCUT2D eigenvalue weighted by atomic mass is 10.1. The minimum absolute atomic E-state index is 0.106. The van der Waals surface area contributed by atoms with Crippen molar-refractivity contribution in [2.45, 2.75) is 32.0 Å². The summed E-state index contributed by atoms with van der Waals surface area (Å²) in [6, 6.07) is 13.6. The smallest absolute Gasteiger partial charge is 0.286 e. The first kappa shape index (κ1) is 21.1. The molecule has 0 radical (unpaired) electrons. The number of carbonyl (C=O) groups excluding carboxylic acids is 2.